The third-order valence-electron chi connectivity index (χ3n) is 3.94. The number of benzene rings is 2. The van der Waals surface area contributed by atoms with Crippen molar-refractivity contribution in [3.05, 3.63) is 48.7 Å². The van der Waals surface area contributed by atoms with Crippen molar-refractivity contribution in [2.24, 2.45) is 0 Å². The SMILES string of the molecule is C#CCn1c2ccc(OC)cc2n2cc3ccccc3c12. The lowest BCUT2D eigenvalue weighted by molar-refractivity contribution is 0.415. The highest BCUT2D eigenvalue weighted by Gasteiger charge is 2.14. The second-order valence-electron chi connectivity index (χ2n) is 5.05. The molecule has 0 spiro atoms. The molecule has 0 aliphatic heterocycles. The Labute approximate surface area is 122 Å². The number of imidazole rings is 1. The summed E-state index contributed by atoms with van der Waals surface area (Å²) in [5, 5.41) is 2.42. The molecule has 0 saturated carbocycles. The van der Waals surface area contributed by atoms with Gasteiger partial charge in [0.05, 0.1) is 24.7 Å². The highest BCUT2D eigenvalue weighted by atomic mass is 16.5. The minimum atomic E-state index is 0.549. The van der Waals surface area contributed by atoms with Crippen molar-refractivity contribution in [2.45, 2.75) is 6.54 Å². The van der Waals surface area contributed by atoms with Crippen molar-refractivity contribution in [3.8, 4) is 18.1 Å². The predicted molar refractivity (Wildman–Crippen MR) is 85.8 cm³/mol. The van der Waals surface area contributed by atoms with Crippen LogP contribution in [-0.4, -0.2) is 16.1 Å². The van der Waals surface area contributed by atoms with Gasteiger partial charge in [0, 0.05) is 23.0 Å². The fourth-order valence-electron chi connectivity index (χ4n) is 3.02. The van der Waals surface area contributed by atoms with Gasteiger partial charge in [-0.3, -0.25) is 4.40 Å². The monoisotopic (exact) mass is 274 g/mol. The average molecular weight is 274 g/mol. The zero-order valence-corrected chi connectivity index (χ0v) is 11.7. The summed E-state index contributed by atoms with van der Waals surface area (Å²) in [6.07, 6.45) is 7.72. The lowest BCUT2D eigenvalue weighted by atomic mass is 10.2. The van der Waals surface area contributed by atoms with Crippen LogP contribution in [0, 0.1) is 12.3 Å². The molecule has 0 bridgehead atoms. The number of nitrogens with zero attached hydrogens (tertiary/aromatic N) is 2. The Balaban J connectivity index is 2.24. The van der Waals surface area contributed by atoms with Crippen LogP contribution in [-0.2, 0) is 6.54 Å². The van der Waals surface area contributed by atoms with Gasteiger partial charge in [-0.15, -0.1) is 6.42 Å². The summed E-state index contributed by atoms with van der Waals surface area (Å²) in [6.45, 7) is 0.549. The zero-order chi connectivity index (χ0) is 14.4. The van der Waals surface area contributed by atoms with Gasteiger partial charge in [-0.1, -0.05) is 30.2 Å². The molecule has 0 unspecified atom stereocenters. The quantitative estimate of drug-likeness (QED) is 0.510. The van der Waals surface area contributed by atoms with E-state index in [9.17, 15) is 0 Å². The maximum absolute atomic E-state index is 5.57. The van der Waals surface area contributed by atoms with Gasteiger partial charge in [0.1, 0.15) is 11.4 Å². The summed E-state index contributed by atoms with van der Waals surface area (Å²) in [7, 11) is 1.68. The molecule has 0 saturated heterocycles. The van der Waals surface area contributed by atoms with E-state index in [1.165, 1.54) is 10.8 Å². The molecule has 0 fully saturated rings. The molecule has 2 aromatic heterocycles. The van der Waals surface area contributed by atoms with Gasteiger partial charge in [-0.05, 0) is 12.1 Å². The normalized spacial score (nSPS) is 11.2. The summed E-state index contributed by atoms with van der Waals surface area (Å²) in [5.74, 6) is 3.60. The van der Waals surface area contributed by atoms with E-state index in [4.69, 9.17) is 11.2 Å². The Morgan fingerprint density at radius 2 is 2.00 bits per heavy atom. The molecule has 0 N–H and O–H groups in total. The van der Waals surface area contributed by atoms with Gasteiger partial charge in [0.25, 0.3) is 0 Å². The topological polar surface area (TPSA) is 18.6 Å². The number of hydrogen-bond donors (Lipinski definition) is 0. The van der Waals surface area contributed by atoms with Crippen LogP contribution in [0.25, 0.3) is 27.5 Å². The molecule has 0 radical (unpaired) electrons. The summed E-state index contributed by atoms with van der Waals surface area (Å²) >= 11 is 0. The number of aromatic nitrogens is 2. The van der Waals surface area contributed by atoms with E-state index in [1.54, 1.807) is 7.11 Å². The summed E-state index contributed by atoms with van der Waals surface area (Å²) in [6, 6.07) is 14.4. The molecule has 0 amide bonds. The maximum atomic E-state index is 5.57. The van der Waals surface area contributed by atoms with Gasteiger partial charge >= 0.3 is 0 Å². The van der Waals surface area contributed by atoms with E-state index in [2.05, 4.69) is 51.4 Å². The molecule has 4 aromatic rings. The third-order valence-corrected chi connectivity index (χ3v) is 3.94. The third kappa shape index (κ3) is 1.56. The zero-order valence-electron chi connectivity index (χ0n) is 11.7. The van der Waals surface area contributed by atoms with Gasteiger partial charge in [0.15, 0.2) is 0 Å². The molecular formula is C18H14N2O. The van der Waals surface area contributed by atoms with E-state index in [1.807, 2.05) is 12.1 Å². The standard InChI is InChI=1S/C18H14N2O/c1-3-10-19-16-9-8-14(21-2)11-17(16)20-12-13-6-4-5-7-15(13)18(19)20/h1,4-9,11-12H,10H2,2H3. The fourth-order valence-corrected chi connectivity index (χ4v) is 3.02. The lowest BCUT2D eigenvalue weighted by Gasteiger charge is -2.02. The average Bonchev–Trinajstić information content (AvgIpc) is 3.03. The summed E-state index contributed by atoms with van der Waals surface area (Å²) < 4.78 is 9.72. The van der Waals surface area contributed by atoms with Crippen molar-refractivity contribution < 1.29 is 4.74 Å². The maximum Gasteiger partial charge on any atom is 0.126 e. The van der Waals surface area contributed by atoms with Gasteiger partial charge in [-0.2, -0.15) is 0 Å². The van der Waals surface area contributed by atoms with Crippen molar-refractivity contribution in [1.82, 2.24) is 8.97 Å². The largest absolute Gasteiger partial charge is 0.497 e. The van der Waals surface area contributed by atoms with Crippen LogP contribution >= 0.6 is 0 Å². The number of ether oxygens (including phenoxy) is 1. The molecule has 2 aromatic carbocycles. The van der Waals surface area contributed by atoms with Gasteiger partial charge in [0.2, 0.25) is 0 Å². The molecule has 0 aliphatic rings. The van der Waals surface area contributed by atoms with Gasteiger partial charge < -0.3 is 9.30 Å². The van der Waals surface area contributed by atoms with Crippen LogP contribution < -0.4 is 4.74 Å². The van der Waals surface area contributed by atoms with E-state index in [0.29, 0.717) is 6.54 Å². The molecule has 3 heteroatoms. The van der Waals surface area contributed by atoms with Crippen LogP contribution in [0.2, 0.25) is 0 Å². The highest BCUT2D eigenvalue weighted by molar-refractivity contribution is 6.01. The Morgan fingerprint density at radius 1 is 1.14 bits per heavy atom. The molecule has 21 heavy (non-hydrogen) atoms. The second-order valence-corrected chi connectivity index (χ2v) is 5.05. The molecule has 0 atom stereocenters. The van der Waals surface area contributed by atoms with E-state index >= 15 is 0 Å². The molecule has 3 nitrogen and oxygen atoms in total. The highest BCUT2D eigenvalue weighted by Crippen LogP contribution is 2.31. The van der Waals surface area contributed by atoms with Crippen LogP contribution in [0.1, 0.15) is 0 Å². The first-order chi connectivity index (χ1) is 10.3. The smallest absolute Gasteiger partial charge is 0.126 e. The number of hydrogen-bond acceptors (Lipinski definition) is 1. The first-order valence-electron chi connectivity index (χ1n) is 6.83. The first-order valence-corrected chi connectivity index (χ1v) is 6.83. The molecule has 0 aliphatic carbocycles. The summed E-state index contributed by atoms with van der Waals surface area (Å²) in [4.78, 5) is 0. The van der Waals surface area contributed by atoms with Crippen molar-refractivity contribution in [2.75, 3.05) is 7.11 Å². The fraction of sp³-hybridized carbons (Fsp3) is 0.111. The van der Waals surface area contributed by atoms with Crippen molar-refractivity contribution in [1.29, 1.82) is 0 Å². The van der Waals surface area contributed by atoms with E-state index in [-0.39, 0.29) is 0 Å². The van der Waals surface area contributed by atoms with Crippen LogP contribution in [0.4, 0.5) is 0 Å². The Kier molecular flexibility index (Phi) is 2.45. The molecule has 102 valence electrons. The van der Waals surface area contributed by atoms with Crippen LogP contribution in [0.15, 0.2) is 48.7 Å². The number of fused-ring (bicyclic) bond motifs is 5. The minimum absolute atomic E-state index is 0.549. The van der Waals surface area contributed by atoms with Crippen molar-refractivity contribution >= 4 is 27.5 Å². The Hall–Kier alpha value is -2.86. The summed E-state index contributed by atoms with van der Waals surface area (Å²) in [5.41, 5.74) is 3.36. The predicted octanol–water partition coefficient (Wildman–Crippen LogP) is 3.69. The van der Waals surface area contributed by atoms with E-state index < -0.39 is 0 Å². The van der Waals surface area contributed by atoms with E-state index in [0.717, 1.165) is 22.4 Å². The first kappa shape index (κ1) is 11.9. The number of rotatable bonds is 2. The van der Waals surface area contributed by atoms with Crippen molar-refractivity contribution in [3.63, 3.8) is 0 Å². The number of methoxy groups -OCH3 is 1. The molecule has 4 rings (SSSR count). The lowest BCUT2D eigenvalue weighted by Crippen LogP contribution is -1.95. The Bertz CT molecular complexity index is 1010. The second kappa shape index (κ2) is 4.32. The Morgan fingerprint density at radius 3 is 2.81 bits per heavy atom. The van der Waals surface area contributed by atoms with Crippen LogP contribution in [0.3, 0.4) is 0 Å². The molecular weight excluding hydrogens is 260 g/mol. The van der Waals surface area contributed by atoms with Crippen LogP contribution in [0.5, 0.6) is 5.75 Å². The minimum Gasteiger partial charge on any atom is -0.497 e. The number of terminal acetylenes is 1. The van der Waals surface area contributed by atoms with Gasteiger partial charge in [-0.25, -0.2) is 0 Å². The molecule has 2 heterocycles.